The second-order valence-electron chi connectivity index (χ2n) is 4.52. The number of aromatic nitrogens is 4. The van der Waals surface area contributed by atoms with Crippen molar-refractivity contribution in [3.05, 3.63) is 42.5 Å². The number of tetrazole rings is 1. The van der Waals surface area contributed by atoms with Gasteiger partial charge < -0.3 is 16.2 Å². The Bertz CT molecular complexity index is 816. The molecule has 1 aromatic heterocycles. The number of hydrogen-bond donors (Lipinski definition) is 4. The van der Waals surface area contributed by atoms with Crippen molar-refractivity contribution < 1.29 is 9.90 Å². The number of nitrogens with zero attached hydrogens (tertiary/aromatic N) is 3. The minimum atomic E-state index is -0.750. The lowest BCUT2D eigenvalue weighted by molar-refractivity contribution is 0.259. The molecule has 0 aliphatic rings. The number of carbonyl (C=O) groups is 1. The van der Waals surface area contributed by atoms with Crippen LogP contribution in [0.1, 0.15) is 0 Å². The van der Waals surface area contributed by atoms with E-state index in [1.807, 2.05) is 24.3 Å². The topological polar surface area (TPSA) is 130 Å². The standard InChI is InChI=1S/C14H12N6O2/c15-14(22)16-11-7-8(5-6-12(11)21)9-3-1-2-4-10(9)13-17-19-20-18-13/h1-7,21H,(H3,15,16,22)(H,17,18,19,20). The number of primary amides is 1. The normalized spacial score (nSPS) is 10.4. The molecule has 0 fully saturated rings. The average Bonchev–Trinajstić information content (AvgIpc) is 3.03. The van der Waals surface area contributed by atoms with E-state index in [2.05, 4.69) is 25.9 Å². The fourth-order valence-corrected chi connectivity index (χ4v) is 2.15. The smallest absolute Gasteiger partial charge is 0.316 e. The lowest BCUT2D eigenvalue weighted by atomic mass is 9.98. The van der Waals surface area contributed by atoms with Crippen molar-refractivity contribution >= 4 is 11.7 Å². The largest absolute Gasteiger partial charge is 0.506 e. The third-order valence-corrected chi connectivity index (χ3v) is 3.09. The lowest BCUT2D eigenvalue weighted by Gasteiger charge is -2.10. The first kappa shape index (κ1) is 13.6. The van der Waals surface area contributed by atoms with Gasteiger partial charge in [-0.1, -0.05) is 30.3 Å². The van der Waals surface area contributed by atoms with Crippen LogP contribution >= 0.6 is 0 Å². The highest BCUT2D eigenvalue weighted by Gasteiger charge is 2.12. The van der Waals surface area contributed by atoms with Crippen LogP contribution in [0.5, 0.6) is 5.75 Å². The molecule has 8 nitrogen and oxygen atoms in total. The predicted molar refractivity (Wildman–Crippen MR) is 79.9 cm³/mol. The zero-order valence-corrected chi connectivity index (χ0v) is 11.3. The first-order chi connectivity index (χ1) is 10.6. The number of urea groups is 1. The molecule has 110 valence electrons. The van der Waals surface area contributed by atoms with Gasteiger partial charge in [-0.15, -0.1) is 5.10 Å². The van der Waals surface area contributed by atoms with Gasteiger partial charge in [0.1, 0.15) is 5.75 Å². The number of nitrogens with one attached hydrogen (secondary N) is 2. The maximum atomic E-state index is 11.0. The third kappa shape index (κ3) is 2.57. The van der Waals surface area contributed by atoms with Gasteiger partial charge in [0, 0.05) is 5.56 Å². The van der Waals surface area contributed by atoms with E-state index >= 15 is 0 Å². The van der Waals surface area contributed by atoms with Crippen LogP contribution in [0.3, 0.4) is 0 Å². The Hall–Kier alpha value is -3.42. The molecule has 0 radical (unpaired) electrons. The molecule has 3 rings (SSSR count). The number of phenolic OH excluding ortho intramolecular Hbond substituents is 1. The summed E-state index contributed by atoms with van der Waals surface area (Å²) in [5.74, 6) is 0.453. The molecule has 0 saturated carbocycles. The van der Waals surface area contributed by atoms with Crippen LogP contribution in [0.25, 0.3) is 22.5 Å². The van der Waals surface area contributed by atoms with E-state index in [0.717, 1.165) is 16.7 Å². The van der Waals surface area contributed by atoms with Crippen molar-refractivity contribution in [3.63, 3.8) is 0 Å². The molecule has 0 aliphatic heterocycles. The molecule has 0 atom stereocenters. The van der Waals surface area contributed by atoms with Crippen LogP contribution in [-0.4, -0.2) is 31.8 Å². The molecule has 0 saturated heterocycles. The number of nitrogens with two attached hydrogens (primary N) is 1. The number of aromatic hydroxyl groups is 1. The molecule has 2 aromatic carbocycles. The molecule has 0 unspecified atom stereocenters. The number of carbonyl (C=O) groups excluding carboxylic acids is 1. The fraction of sp³-hybridized carbons (Fsp3) is 0. The van der Waals surface area contributed by atoms with E-state index in [1.54, 1.807) is 12.1 Å². The van der Waals surface area contributed by atoms with E-state index in [4.69, 9.17) is 5.73 Å². The quantitative estimate of drug-likeness (QED) is 0.547. The number of anilines is 1. The van der Waals surface area contributed by atoms with Crippen molar-refractivity contribution in [2.75, 3.05) is 5.32 Å². The summed E-state index contributed by atoms with van der Waals surface area (Å²) in [6.45, 7) is 0. The van der Waals surface area contributed by atoms with Crippen molar-refractivity contribution in [2.45, 2.75) is 0 Å². The fourth-order valence-electron chi connectivity index (χ4n) is 2.15. The summed E-state index contributed by atoms with van der Waals surface area (Å²) < 4.78 is 0. The average molecular weight is 296 g/mol. The monoisotopic (exact) mass is 296 g/mol. The minimum absolute atomic E-state index is 0.0682. The van der Waals surface area contributed by atoms with Gasteiger partial charge in [0.15, 0.2) is 5.82 Å². The van der Waals surface area contributed by atoms with E-state index < -0.39 is 6.03 Å². The molecule has 0 bridgehead atoms. The number of benzene rings is 2. The summed E-state index contributed by atoms with van der Waals surface area (Å²) >= 11 is 0. The molecular weight excluding hydrogens is 284 g/mol. The summed E-state index contributed by atoms with van der Waals surface area (Å²) in [7, 11) is 0. The molecular formula is C14H12N6O2. The van der Waals surface area contributed by atoms with E-state index in [0.29, 0.717) is 5.82 Å². The Morgan fingerprint density at radius 1 is 1.18 bits per heavy atom. The summed E-state index contributed by atoms with van der Waals surface area (Å²) in [5.41, 5.74) is 7.74. The van der Waals surface area contributed by atoms with Gasteiger partial charge in [-0.25, -0.2) is 9.89 Å². The number of hydrogen-bond acceptors (Lipinski definition) is 5. The van der Waals surface area contributed by atoms with Crippen LogP contribution in [0.4, 0.5) is 10.5 Å². The van der Waals surface area contributed by atoms with Gasteiger partial charge in [0.25, 0.3) is 0 Å². The number of H-pyrrole nitrogens is 1. The van der Waals surface area contributed by atoms with Gasteiger partial charge in [-0.05, 0) is 33.7 Å². The Labute approximate surface area is 125 Å². The van der Waals surface area contributed by atoms with E-state index in [-0.39, 0.29) is 11.4 Å². The molecule has 5 N–H and O–H groups in total. The van der Waals surface area contributed by atoms with Gasteiger partial charge in [-0.2, -0.15) is 0 Å². The number of rotatable bonds is 3. The van der Waals surface area contributed by atoms with Crippen molar-refractivity contribution in [1.29, 1.82) is 0 Å². The Morgan fingerprint density at radius 2 is 1.95 bits per heavy atom. The highest BCUT2D eigenvalue weighted by atomic mass is 16.3. The first-order valence-electron chi connectivity index (χ1n) is 6.38. The van der Waals surface area contributed by atoms with Crippen molar-refractivity contribution in [1.82, 2.24) is 20.6 Å². The number of aromatic amines is 1. The second kappa shape index (κ2) is 5.52. The molecule has 0 aliphatic carbocycles. The number of amides is 2. The van der Waals surface area contributed by atoms with E-state index in [9.17, 15) is 9.90 Å². The van der Waals surface area contributed by atoms with Gasteiger partial charge >= 0.3 is 6.03 Å². The molecule has 3 aromatic rings. The van der Waals surface area contributed by atoms with Gasteiger partial charge in [0.2, 0.25) is 0 Å². The highest BCUT2D eigenvalue weighted by Crippen LogP contribution is 2.34. The maximum Gasteiger partial charge on any atom is 0.316 e. The highest BCUT2D eigenvalue weighted by molar-refractivity contribution is 5.91. The first-order valence-corrected chi connectivity index (χ1v) is 6.38. The maximum absolute atomic E-state index is 11.0. The zero-order valence-electron chi connectivity index (χ0n) is 11.3. The second-order valence-corrected chi connectivity index (χ2v) is 4.52. The predicted octanol–water partition coefficient (Wildman–Crippen LogP) is 1.73. The molecule has 2 amide bonds. The van der Waals surface area contributed by atoms with Crippen LogP contribution in [0.15, 0.2) is 42.5 Å². The van der Waals surface area contributed by atoms with Crippen molar-refractivity contribution in [3.8, 4) is 28.3 Å². The SMILES string of the molecule is NC(=O)Nc1cc(-c2ccccc2-c2nnn[nH]2)ccc1O. The summed E-state index contributed by atoms with van der Waals surface area (Å²) in [4.78, 5) is 11.0. The summed E-state index contributed by atoms with van der Waals surface area (Å²) in [6.07, 6.45) is 0. The van der Waals surface area contributed by atoms with E-state index in [1.165, 1.54) is 6.07 Å². The summed E-state index contributed by atoms with van der Waals surface area (Å²) in [5, 5.41) is 25.9. The zero-order chi connectivity index (χ0) is 15.5. The van der Waals surface area contributed by atoms with Crippen LogP contribution < -0.4 is 11.1 Å². The Morgan fingerprint density at radius 3 is 2.64 bits per heavy atom. The Balaban J connectivity index is 2.11. The Kier molecular flexibility index (Phi) is 3.40. The van der Waals surface area contributed by atoms with Gasteiger partial charge in [0.05, 0.1) is 5.69 Å². The van der Waals surface area contributed by atoms with Crippen LogP contribution in [0, 0.1) is 0 Å². The molecule has 8 heteroatoms. The van der Waals surface area contributed by atoms with Crippen LogP contribution in [0.2, 0.25) is 0 Å². The molecule has 0 spiro atoms. The van der Waals surface area contributed by atoms with Crippen molar-refractivity contribution in [2.24, 2.45) is 5.73 Å². The van der Waals surface area contributed by atoms with Gasteiger partial charge in [-0.3, -0.25) is 0 Å². The minimum Gasteiger partial charge on any atom is -0.506 e. The van der Waals surface area contributed by atoms with Crippen LogP contribution in [-0.2, 0) is 0 Å². The lowest BCUT2D eigenvalue weighted by Crippen LogP contribution is -2.19. The third-order valence-electron chi connectivity index (χ3n) is 3.09. The summed E-state index contributed by atoms with van der Waals surface area (Å²) in [6, 6.07) is 11.6. The molecule has 22 heavy (non-hydrogen) atoms. The molecule has 1 heterocycles. The number of phenols is 1.